The summed E-state index contributed by atoms with van der Waals surface area (Å²) in [6.07, 6.45) is 1.83. The molecule has 2 rings (SSSR count). The van der Waals surface area contributed by atoms with Gasteiger partial charge in [0, 0.05) is 22.0 Å². The van der Waals surface area contributed by atoms with Crippen LogP contribution >= 0.6 is 15.9 Å². The Balaban J connectivity index is 2.47. The summed E-state index contributed by atoms with van der Waals surface area (Å²) in [5.41, 5.74) is 2.17. The number of rotatable bonds is 2. The number of benzene rings is 1. The molecule has 0 amide bonds. The third-order valence-corrected chi connectivity index (χ3v) is 2.60. The molecule has 1 aromatic heterocycles. The van der Waals surface area contributed by atoms with Crippen molar-refractivity contribution < 1.29 is 4.42 Å². The molecule has 0 aliphatic rings. The van der Waals surface area contributed by atoms with E-state index in [9.17, 15) is 0 Å². The molecule has 0 radical (unpaired) electrons. The Bertz CT molecular complexity index is 447. The van der Waals surface area contributed by atoms with Gasteiger partial charge < -0.3 is 9.32 Å². The van der Waals surface area contributed by atoms with Crippen molar-refractivity contribution in [3.05, 3.63) is 34.5 Å². The molecule has 2 aromatic rings. The Kier molecular flexibility index (Phi) is 2.61. The fourth-order valence-electron chi connectivity index (χ4n) is 1.52. The summed E-state index contributed by atoms with van der Waals surface area (Å²) < 4.78 is 6.53. The van der Waals surface area contributed by atoms with Crippen LogP contribution in [0.15, 0.2) is 33.4 Å². The van der Waals surface area contributed by atoms with E-state index in [1.807, 2.05) is 18.4 Å². The zero-order valence-electron chi connectivity index (χ0n) is 8.25. The van der Waals surface area contributed by atoms with Gasteiger partial charge in [-0.1, -0.05) is 15.9 Å². The quantitative estimate of drug-likeness (QED) is 0.817. The summed E-state index contributed by atoms with van der Waals surface area (Å²) in [6, 6.07) is 6.12. The van der Waals surface area contributed by atoms with Gasteiger partial charge in [0.15, 0.2) is 0 Å². The molecule has 0 aliphatic heterocycles. The second kappa shape index (κ2) is 3.75. The lowest BCUT2D eigenvalue weighted by molar-refractivity contribution is 0.401. The SMILES string of the molecule is CN(C)Cc1coc2cc(Br)ccc12. The van der Waals surface area contributed by atoms with Crippen LogP contribution in [-0.4, -0.2) is 19.0 Å². The summed E-state index contributed by atoms with van der Waals surface area (Å²) >= 11 is 3.42. The van der Waals surface area contributed by atoms with E-state index < -0.39 is 0 Å². The molecule has 2 nitrogen and oxygen atoms in total. The molecule has 14 heavy (non-hydrogen) atoms. The van der Waals surface area contributed by atoms with Crippen molar-refractivity contribution >= 4 is 26.9 Å². The van der Waals surface area contributed by atoms with Crippen LogP contribution in [0.1, 0.15) is 5.56 Å². The Morgan fingerprint density at radius 1 is 1.36 bits per heavy atom. The topological polar surface area (TPSA) is 16.4 Å². The molecule has 3 heteroatoms. The van der Waals surface area contributed by atoms with Gasteiger partial charge >= 0.3 is 0 Å². The number of nitrogens with zero attached hydrogens (tertiary/aromatic N) is 1. The lowest BCUT2D eigenvalue weighted by atomic mass is 10.2. The predicted molar refractivity (Wildman–Crippen MR) is 61.3 cm³/mol. The maximum Gasteiger partial charge on any atom is 0.135 e. The van der Waals surface area contributed by atoms with Gasteiger partial charge in [0.05, 0.1) is 6.26 Å². The van der Waals surface area contributed by atoms with Gasteiger partial charge in [-0.15, -0.1) is 0 Å². The van der Waals surface area contributed by atoms with Crippen molar-refractivity contribution in [2.75, 3.05) is 14.1 Å². The summed E-state index contributed by atoms with van der Waals surface area (Å²) in [5, 5.41) is 1.20. The van der Waals surface area contributed by atoms with Crippen molar-refractivity contribution in [3.63, 3.8) is 0 Å². The minimum atomic E-state index is 0.911. The molecule has 0 aliphatic carbocycles. The van der Waals surface area contributed by atoms with Crippen LogP contribution in [0.5, 0.6) is 0 Å². The van der Waals surface area contributed by atoms with Gasteiger partial charge in [-0.3, -0.25) is 0 Å². The summed E-state index contributed by atoms with van der Waals surface area (Å²) in [4.78, 5) is 2.13. The number of furan rings is 1. The Hall–Kier alpha value is -0.800. The maximum atomic E-state index is 5.47. The van der Waals surface area contributed by atoms with Crippen LogP contribution in [0.4, 0.5) is 0 Å². The number of halogens is 1. The summed E-state index contributed by atoms with van der Waals surface area (Å²) in [6.45, 7) is 0.911. The molecular formula is C11H12BrNO. The molecule has 0 spiro atoms. The average Bonchev–Trinajstić information content (AvgIpc) is 2.47. The van der Waals surface area contributed by atoms with Crippen molar-refractivity contribution in [1.82, 2.24) is 4.90 Å². The van der Waals surface area contributed by atoms with Crippen LogP contribution < -0.4 is 0 Å². The first-order chi connectivity index (χ1) is 6.66. The minimum absolute atomic E-state index is 0.911. The zero-order chi connectivity index (χ0) is 10.1. The molecule has 1 aromatic carbocycles. The van der Waals surface area contributed by atoms with Gasteiger partial charge in [0.1, 0.15) is 5.58 Å². The van der Waals surface area contributed by atoms with E-state index in [0.717, 1.165) is 16.6 Å². The Labute approximate surface area is 91.6 Å². The fourth-order valence-corrected chi connectivity index (χ4v) is 1.86. The van der Waals surface area contributed by atoms with Crippen LogP contribution in [0, 0.1) is 0 Å². The summed E-state index contributed by atoms with van der Waals surface area (Å²) in [5.74, 6) is 0. The molecule has 1 heterocycles. The molecular weight excluding hydrogens is 242 g/mol. The molecule has 0 N–H and O–H groups in total. The zero-order valence-corrected chi connectivity index (χ0v) is 9.84. The minimum Gasteiger partial charge on any atom is -0.464 e. The summed E-state index contributed by atoms with van der Waals surface area (Å²) in [7, 11) is 4.11. The number of hydrogen-bond donors (Lipinski definition) is 0. The standard InChI is InChI=1S/C11H12BrNO/c1-13(2)6-8-7-14-11-5-9(12)3-4-10(8)11/h3-5,7H,6H2,1-2H3. The average molecular weight is 254 g/mol. The van der Waals surface area contributed by atoms with E-state index in [0.29, 0.717) is 0 Å². The number of hydrogen-bond acceptors (Lipinski definition) is 2. The van der Waals surface area contributed by atoms with Gasteiger partial charge in [0.25, 0.3) is 0 Å². The smallest absolute Gasteiger partial charge is 0.135 e. The van der Waals surface area contributed by atoms with Crippen LogP contribution in [0.3, 0.4) is 0 Å². The molecule has 0 bridgehead atoms. The van der Waals surface area contributed by atoms with Crippen LogP contribution in [0.25, 0.3) is 11.0 Å². The van der Waals surface area contributed by atoms with E-state index in [1.54, 1.807) is 0 Å². The molecule has 0 unspecified atom stereocenters. The van der Waals surface area contributed by atoms with Gasteiger partial charge in [-0.25, -0.2) is 0 Å². The lowest BCUT2D eigenvalue weighted by Gasteiger charge is -2.06. The van der Waals surface area contributed by atoms with E-state index >= 15 is 0 Å². The normalized spacial score (nSPS) is 11.4. The van der Waals surface area contributed by atoms with Crippen molar-refractivity contribution in [2.24, 2.45) is 0 Å². The van der Waals surface area contributed by atoms with Crippen molar-refractivity contribution in [1.29, 1.82) is 0 Å². The second-order valence-corrected chi connectivity index (χ2v) is 4.55. The molecule has 0 saturated heterocycles. The predicted octanol–water partition coefficient (Wildman–Crippen LogP) is 3.26. The Morgan fingerprint density at radius 3 is 2.86 bits per heavy atom. The third-order valence-electron chi connectivity index (χ3n) is 2.10. The highest BCUT2D eigenvalue weighted by Gasteiger charge is 2.06. The van der Waals surface area contributed by atoms with E-state index in [2.05, 4.69) is 41.0 Å². The molecule has 0 saturated carbocycles. The highest BCUT2D eigenvalue weighted by atomic mass is 79.9. The van der Waals surface area contributed by atoms with Crippen molar-refractivity contribution in [2.45, 2.75) is 6.54 Å². The Morgan fingerprint density at radius 2 is 2.14 bits per heavy atom. The van der Waals surface area contributed by atoms with Crippen molar-refractivity contribution in [3.8, 4) is 0 Å². The van der Waals surface area contributed by atoms with E-state index in [1.165, 1.54) is 10.9 Å². The molecule has 0 atom stereocenters. The molecule has 74 valence electrons. The monoisotopic (exact) mass is 253 g/mol. The van der Waals surface area contributed by atoms with Crippen LogP contribution in [-0.2, 0) is 6.54 Å². The molecule has 0 fully saturated rings. The van der Waals surface area contributed by atoms with E-state index in [-0.39, 0.29) is 0 Å². The van der Waals surface area contributed by atoms with Crippen LogP contribution in [0.2, 0.25) is 0 Å². The van der Waals surface area contributed by atoms with E-state index in [4.69, 9.17) is 4.42 Å². The second-order valence-electron chi connectivity index (χ2n) is 3.64. The highest BCUT2D eigenvalue weighted by Crippen LogP contribution is 2.25. The fraction of sp³-hybridized carbons (Fsp3) is 0.273. The maximum absolute atomic E-state index is 5.47. The first kappa shape index (κ1) is 9.74. The first-order valence-electron chi connectivity index (χ1n) is 4.47. The van der Waals surface area contributed by atoms with Gasteiger partial charge in [0.2, 0.25) is 0 Å². The number of fused-ring (bicyclic) bond motifs is 1. The lowest BCUT2D eigenvalue weighted by Crippen LogP contribution is -2.09. The van der Waals surface area contributed by atoms with Gasteiger partial charge in [-0.05, 0) is 32.3 Å². The third kappa shape index (κ3) is 1.83. The largest absolute Gasteiger partial charge is 0.464 e. The first-order valence-corrected chi connectivity index (χ1v) is 5.26. The van der Waals surface area contributed by atoms with Gasteiger partial charge in [-0.2, -0.15) is 0 Å². The highest BCUT2D eigenvalue weighted by molar-refractivity contribution is 9.10.